The average molecular weight is 344 g/mol. The maximum atomic E-state index is 12.0. The van der Waals surface area contributed by atoms with Gasteiger partial charge in [0.15, 0.2) is 0 Å². The number of likely N-dealkylation sites (N-methyl/N-ethyl adjacent to an activating group) is 1. The molecule has 0 aromatic heterocycles. The highest BCUT2D eigenvalue weighted by Crippen LogP contribution is 2.33. The van der Waals surface area contributed by atoms with E-state index in [0.29, 0.717) is 20.2 Å². The highest BCUT2D eigenvalue weighted by molar-refractivity contribution is 9.10. The molecule has 1 heterocycles. The van der Waals surface area contributed by atoms with Gasteiger partial charge in [-0.1, -0.05) is 30.0 Å². The predicted octanol–water partition coefficient (Wildman–Crippen LogP) is 3.38. The molecule has 1 N–H and O–H groups in total. The summed E-state index contributed by atoms with van der Waals surface area (Å²) in [6, 6.07) is 5.09. The van der Waals surface area contributed by atoms with Crippen molar-refractivity contribution in [3.05, 3.63) is 33.1 Å². The summed E-state index contributed by atoms with van der Waals surface area (Å²) in [4.78, 5) is 14.2. The minimum Gasteiger partial charge on any atom is -0.507 e. The molecule has 6 heteroatoms. The number of phenolic OH excluding ortho intramolecular Hbond substituents is 1. The van der Waals surface area contributed by atoms with Crippen LogP contribution in [0, 0.1) is 0 Å². The Balaban J connectivity index is 2.32. The Kier molecular flexibility index (Phi) is 4.09. The summed E-state index contributed by atoms with van der Waals surface area (Å²) in [7, 11) is 0. The van der Waals surface area contributed by atoms with Gasteiger partial charge in [0.2, 0.25) is 0 Å². The fourth-order valence-electron chi connectivity index (χ4n) is 1.54. The van der Waals surface area contributed by atoms with Gasteiger partial charge in [-0.2, -0.15) is 0 Å². The Labute approximate surface area is 123 Å². The van der Waals surface area contributed by atoms with Gasteiger partial charge >= 0.3 is 0 Å². The first-order valence-corrected chi connectivity index (χ1v) is 7.28. The van der Waals surface area contributed by atoms with Crippen LogP contribution in [0.3, 0.4) is 0 Å². The zero-order chi connectivity index (χ0) is 13.3. The Hall–Kier alpha value is -0.850. The molecule has 94 valence electrons. The number of thioether (sulfide) groups is 1. The quantitative estimate of drug-likeness (QED) is 0.660. The Morgan fingerprint density at radius 2 is 2.28 bits per heavy atom. The van der Waals surface area contributed by atoms with E-state index in [-0.39, 0.29) is 11.7 Å². The Bertz CT molecular complexity index is 557. The van der Waals surface area contributed by atoms with Crippen molar-refractivity contribution in [2.75, 3.05) is 6.54 Å². The molecular formula is C12H10BrNO2S2. The van der Waals surface area contributed by atoms with Crippen molar-refractivity contribution in [2.45, 2.75) is 6.92 Å². The number of nitrogens with zero attached hydrogens (tertiary/aromatic N) is 1. The molecule has 1 fully saturated rings. The van der Waals surface area contributed by atoms with E-state index in [9.17, 15) is 9.90 Å². The monoisotopic (exact) mass is 343 g/mol. The molecule has 0 bridgehead atoms. The fourth-order valence-corrected chi connectivity index (χ4v) is 3.32. The number of halogens is 1. The third-order valence-electron chi connectivity index (χ3n) is 2.46. The number of aromatic hydroxyl groups is 1. The van der Waals surface area contributed by atoms with Crippen LogP contribution < -0.4 is 0 Å². The van der Waals surface area contributed by atoms with E-state index in [1.807, 2.05) is 6.92 Å². The molecular weight excluding hydrogens is 334 g/mol. The summed E-state index contributed by atoms with van der Waals surface area (Å²) in [6.07, 6.45) is 1.78. The summed E-state index contributed by atoms with van der Waals surface area (Å²) in [6.45, 7) is 2.48. The van der Waals surface area contributed by atoms with Gasteiger partial charge in [-0.25, -0.2) is 0 Å². The number of carbonyl (C=O) groups is 1. The smallest absolute Gasteiger partial charge is 0.266 e. The third kappa shape index (κ3) is 2.60. The zero-order valence-corrected chi connectivity index (χ0v) is 12.7. The Morgan fingerprint density at radius 3 is 2.83 bits per heavy atom. The van der Waals surface area contributed by atoms with Gasteiger partial charge in [-0.05, 0) is 46.6 Å². The van der Waals surface area contributed by atoms with E-state index in [0.717, 1.165) is 5.56 Å². The lowest BCUT2D eigenvalue weighted by atomic mass is 10.2. The number of thiocarbonyl (C=S) groups is 1. The maximum Gasteiger partial charge on any atom is 0.266 e. The molecule has 1 aliphatic heterocycles. The van der Waals surface area contributed by atoms with Gasteiger partial charge in [-0.3, -0.25) is 9.69 Å². The first kappa shape index (κ1) is 13.6. The first-order valence-electron chi connectivity index (χ1n) is 5.27. The minimum atomic E-state index is -0.0586. The first-order chi connectivity index (χ1) is 8.52. The molecule has 0 spiro atoms. The number of phenols is 1. The van der Waals surface area contributed by atoms with E-state index in [2.05, 4.69) is 15.9 Å². The van der Waals surface area contributed by atoms with Crippen LogP contribution in [0.15, 0.2) is 27.6 Å². The number of hydrogen-bond acceptors (Lipinski definition) is 4. The molecule has 0 atom stereocenters. The topological polar surface area (TPSA) is 40.5 Å². The van der Waals surface area contributed by atoms with Crippen LogP contribution in [0.25, 0.3) is 6.08 Å². The summed E-state index contributed by atoms with van der Waals surface area (Å²) in [5, 5.41) is 9.41. The Morgan fingerprint density at radius 1 is 1.56 bits per heavy atom. The molecule has 18 heavy (non-hydrogen) atoms. The van der Waals surface area contributed by atoms with Crippen LogP contribution in [0.1, 0.15) is 12.5 Å². The molecule has 1 saturated heterocycles. The van der Waals surface area contributed by atoms with Crippen molar-refractivity contribution in [3.63, 3.8) is 0 Å². The lowest BCUT2D eigenvalue weighted by molar-refractivity contribution is -0.121. The predicted molar refractivity (Wildman–Crippen MR) is 81.4 cm³/mol. The largest absolute Gasteiger partial charge is 0.507 e. The van der Waals surface area contributed by atoms with Gasteiger partial charge in [0.05, 0.1) is 9.38 Å². The highest BCUT2D eigenvalue weighted by Gasteiger charge is 2.30. The molecule has 0 radical (unpaired) electrons. The maximum absolute atomic E-state index is 12.0. The molecule has 0 saturated carbocycles. The van der Waals surface area contributed by atoms with Gasteiger partial charge in [0, 0.05) is 6.54 Å². The normalized spacial score (nSPS) is 17.9. The summed E-state index contributed by atoms with van der Waals surface area (Å²) < 4.78 is 1.19. The molecule has 1 aromatic rings. The SMILES string of the molecule is CCN1C(=O)/C(=C/c2ccc(O)c(Br)c2)SC1=S. The second kappa shape index (κ2) is 5.42. The van der Waals surface area contributed by atoms with Crippen LogP contribution in [0.2, 0.25) is 0 Å². The van der Waals surface area contributed by atoms with E-state index >= 15 is 0 Å². The summed E-state index contributed by atoms with van der Waals surface area (Å²) >= 11 is 9.68. The minimum absolute atomic E-state index is 0.0586. The second-order valence-electron chi connectivity index (χ2n) is 3.64. The zero-order valence-electron chi connectivity index (χ0n) is 9.51. The standard InChI is InChI=1S/C12H10BrNO2S2/c1-2-14-11(16)10(18-12(14)17)6-7-3-4-9(15)8(13)5-7/h3-6,15H,2H2,1H3/b10-6-. The van der Waals surface area contributed by atoms with Crippen LogP contribution in [0.5, 0.6) is 5.75 Å². The summed E-state index contributed by atoms with van der Waals surface area (Å²) in [5.41, 5.74) is 0.844. The van der Waals surface area contributed by atoms with Gasteiger partial charge in [-0.15, -0.1) is 0 Å². The fraction of sp³-hybridized carbons (Fsp3) is 0.167. The number of benzene rings is 1. The van der Waals surface area contributed by atoms with E-state index < -0.39 is 0 Å². The van der Waals surface area contributed by atoms with Crippen molar-refractivity contribution in [2.24, 2.45) is 0 Å². The number of amides is 1. The van der Waals surface area contributed by atoms with Crippen molar-refractivity contribution < 1.29 is 9.90 Å². The average Bonchev–Trinajstić information content (AvgIpc) is 2.59. The van der Waals surface area contributed by atoms with Crippen molar-refractivity contribution in [3.8, 4) is 5.75 Å². The third-order valence-corrected chi connectivity index (χ3v) is 4.47. The van der Waals surface area contributed by atoms with Crippen LogP contribution in [-0.2, 0) is 4.79 Å². The van der Waals surface area contributed by atoms with Crippen molar-refractivity contribution in [1.82, 2.24) is 4.90 Å². The van der Waals surface area contributed by atoms with E-state index in [1.54, 1.807) is 29.2 Å². The van der Waals surface area contributed by atoms with E-state index in [1.165, 1.54) is 11.8 Å². The molecule has 1 amide bonds. The second-order valence-corrected chi connectivity index (χ2v) is 6.17. The molecule has 1 aromatic carbocycles. The number of hydrogen-bond donors (Lipinski definition) is 1. The summed E-state index contributed by atoms with van der Waals surface area (Å²) in [5.74, 6) is 0.116. The van der Waals surface area contributed by atoms with E-state index in [4.69, 9.17) is 12.2 Å². The molecule has 1 aliphatic rings. The van der Waals surface area contributed by atoms with Crippen LogP contribution in [-0.4, -0.2) is 26.8 Å². The van der Waals surface area contributed by atoms with Gasteiger partial charge in [0.25, 0.3) is 5.91 Å². The number of rotatable bonds is 2. The van der Waals surface area contributed by atoms with Crippen molar-refractivity contribution >= 4 is 56.2 Å². The van der Waals surface area contributed by atoms with Crippen LogP contribution >= 0.6 is 39.9 Å². The molecule has 0 aliphatic carbocycles. The molecule has 0 unspecified atom stereocenters. The number of carbonyl (C=O) groups excluding carboxylic acids is 1. The van der Waals surface area contributed by atoms with Gasteiger partial charge in [0.1, 0.15) is 10.1 Å². The van der Waals surface area contributed by atoms with Crippen LogP contribution in [0.4, 0.5) is 0 Å². The molecule has 3 nitrogen and oxygen atoms in total. The highest BCUT2D eigenvalue weighted by atomic mass is 79.9. The van der Waals surface area contributed by atoms with Gasteiger partial charge < -0.3 is 5.11 Å². The lowest BCUT2D eigenvalue weighted by Gasteiger charge is -2.09. The van der Waals surface area contributed by atoms with Crippen molar-refractivity contribution in [1.29, 1.82) is 0 Å². The molecule has 2 rings (SSSR count). The lowest BCUT2D eigenvalue weighted by Crippen LogP contribution is -2.27.